The largest absolute Gasteiger partial charge is 0.329 e. The van der Waals surface area contributed by atoms with E-state index in [2.05, 4.69) is 37.7 Å². The van der Waals surface area contributed by atoms with Crippen LogP contribution in [0, 0.1) is 11.8 Å². The van der Waals surface area contributed by atoms with Gasteiger partial charge in [-0.05, 0) is 58.7 Å². The molecule has 0 bridgehead atoms. The summed E-state index contributed by atoms with van der Waals surface area (Å²) in [5.74, 6) is 1.87. The molecule has 0 aromatic carbocycles. The van der Waals surface area contributed by atoms with Gasteiger partial charge in [-0.2, -0.15) is 0 Å². The maximum atomic E-state index is 6.12. The molecule has 0 amide bonds. The Labute approximate surface area is 106 Å². The molecule has 4 unspecified atom stereocenters. The second-order valence-electron chi connectivity index (χ2n) is 6.57. The van der Waals surface area contributed by atoms with E-state index >= 15 is 0 Å². The second kappa shape index (κ2) is 4.87. The molecule has 2 fully saturated rings. The number of likely N-dealkylation sites (tertiary alicyclic amines) is 1. The van der Waals surface area contributed by atoms with Crippen molar-refractivity contribution in [2.24, 2.45) is 17.6 Å². The first-order chi connectivity index (χ1) is 7.98. The van der Waals surface area contributed by atoms with Crippen LogP contribution in [0.3, 0.4) is 0 Å². The lowest BCUT2D eigenvalue weighted by Gasteiger charge is -2.49. The van der Waals surface area contributed by atoms with Crippen LogP contribution < -0.4 is 5.73 Å². The summed E-state index contributed by atoms with van der Waals surface area (Å²) in [6.07, 6.45) is 3.86. The lowest BCUT2D eigenvalue weighted by Crippen LogP contribution is -2.60. The number of hydrogen-bond donors (Lipinski definition) is 1. The maximum absolute atomic E-state index is 6.12. The molecule has 3 nitrogen and oxygen atoms in total. The van der Waals surface area contributed by atoms with E-state index in [1.54, 1.807) is 0 Å². The Morgan fingerprint density at radius 2 is 2.06 bits per heavy atom. The minimum absolute atomic E-state index is 0.258. The van der Waals surface area contributed by atoms with Gasteiger partial charge in [0.15, 0.2) is 0 Å². The number of nitrogens with zero attached hydrogens (tertiary/aromatic N) is 2. The Morgan fingerprint density at radius 3 is 2.53 bits per heavy atom. The van der Waals surface area contributed by atoms with Crippen molar-refractivity contribution in [2.45, 2.75) is 44.7 Å². The monoisotopic (exact) mass is 239 g/mol. The van der Waals surface area contributed by atoms with E-state index in [0.717, 1.165) is 18.4 Å². The highest BCUT2D eigenvalue weighted by Gasteiger charge is 2.42. The van der Waals surface area contributed by atoms with Crippen LogP contribution in [-0.2, 0) is 0 Å². The summed E-state index contributed by atoms with van der Waals surface area (Å²) >= 11 is 0. The minimum Gasteiger partial charge on any atom is -0.329 e. The topological polar surface area (TPSA) is 32.5 Å². The summed E-state index contributed by atoms with van der Waals surface area (Å²) in [7, 11) is 4.52. The van der Waals surface area contributed by atoms with E-state index in [1.807, 2.05) is 0 Å². The van der Waals surface area contributed by atoms with Crippen molar-refractivity contribution < 1.29 is 0 Å². The van der Waals surface area contributed by atoms with Gasteiger partial charge in [0.1, 0.15) is 0 Å². The van der Waals surface area contributed by atoms with Crippen molar-refractivity contribution in [1.29, 1.82) is 0 Å². The van der Waals surface area contributed by atoms with E-state index in [1.165, 1.54) is 32.4 Å². The third-order valence-electron chi connectivity index (χ3n) is 5.33. The van der Waals surface area contributed by atoms with E-state index in [-0.39, 0.29) is 5.54 Å². The Bertz CT molecular complexity index is 268. The third-order valence-corrected chi connectivity index (χ3v) is 5.33. The standard InChI is InChI=1S/C14H29N3/c1-11-7-13(11)9-17(4)14(10-15)5-6-16(3)12(2)8-14/h11-13H,5-10,15H2,1-4H3. The molecule has 1 heterocycles. The highest BCUT2D eigenvalue weighted by atomic mass is 15.2. The van der Waals surface area contributed by atoms with E-state index in [9.17, 15) is 0 Å². The molecular weight excluding hydrogens is 210 g/mol. The molecule has 1 aliphatic heterocycles. The van der Waals surface area contributed by atoms with Crippen LogP contribution in [-0.4, -0.2) is 55.1 Å². The molecule has 17 heavy (non-hydrogen) atoms. The summed E-state index contributed by atoms with van der Waals surface area (Å²) in [4.78, 5) is 5.03. The zero-order valence-electron chi connectivity index (χ0n) is 11.9. The predicted molar refractivity (Wildman–Crippen MR) is 73.0 cm³/mol. The number of piperidine rings is 1. The summed E-state index contributed by atoms with van der Waals surface area (Å²) in [6, 6.07) is 0.659. The molecule has 4 atom stereocenters. The van der Waals surface area contributed by atoms with Gasteiger partial charge in [-0.15, -0.1) is 0 Å². The average molecular weight is 239 g/mol. The predicted octanol–water partition coefficient (Wildman–Crippen LogP) is 1.39. The molecule has 0 radical (unpaired) electrons. The molecular formula is C14H29N3. The van der Waals surface area contributed by atoms with Crippen LogP contribution in [0.4, 0.5) is 0 Å². The Balaban J connectivity index is 1.98. The van der Waals surface area contributed by atoms with E-state index in [4.69, 9.17) is 5.73 Å². The summed E-state index contributed by atoms with van der Waals surface area (Å²) in [6.45, 7) is 7.93. The molecule has 2 rings (SSSR count). The van der Waals surface area contributed by atoms with E-state index in [0.29, 0.717) is 6.04 Å². The third kappa shape index (κ3) is 2.67. The van der Waals surface area contributed by atoms with Gasteiger partial charge in [0.2, 0.25) is 0 Å². The fraction of sp³-hybridized carbons (Fsp3) is 1.00. The fourth-order valence-corrected chi connectivity index (χ4v) is 3.30. The van der Waals surface area contributed by atoms with Gasteiger partial charge in [0.05, 0.1) is 0 Å². The quantitative estimate of drug-likeness (QED) is 0.804. The summed E-state index contributed by atoms with van der Waals surface area (Å²) < 4.78 is 0. The van der Waals surface area contributed by atoms with Gasteiger partial charge in [0, 0.05) is 24.7 Å². The second-order valence-corrected chi connectivity index (χ2v) is 6.57. The molecule has 0 aromatic heterocycles. The zero-order valence-corrected chi connectivity index (χ0v) is 11.9. The van der Waals surface area contributed by atoms with Crippen molar-refractivity contribution >= 4 is 0 Å². The molecule has 1 aliphatic carbocycles. The van der Waals surface area contributed by atoms with Crippen LogP contribution >= 0.6 is 0 Å². The SMILES string of the molecule is CC1CC1CN(C)C1(CN)CCN(C)C(C)C1. The molecule has 2 N–H and O–H groups in total. The molecule has 3 heteroatoms. The van der Waals surface area contributed by atoms with Crippen LogP contribution in [0.5, 0.6) is 0 Å². The molecule has 0 spiro atoms. The molecule has 1 saturated heterocycles. The summed E-state index contributed by atoms with van der Waals surface area (Å²) in [5, 5.41) is 0. The fourth-order valence-electron chi connectivity index (χ4n) is 3.30. The van der Waals surface area contributed by atoms with Gasteiger partial charge in [0.25, 0.3) is 0 Å². The van der Waals surface area contributed by atoms with Gasteiger partial charge in [-0.3, -0.25) is 4.90 Å². The first-order valence-electron chi connectivity index (χ1n) is 7.10. The number of hydrogen-bond acceptors (Lipinski definition) is 3. The lowest BCUT2D eigenvalue weighted by atomic mass is 9.82. The molecule has 1 saturated carbocycles. The molecule has 0 aromatic rings. The average Bonchev–Trinajstić information content (AvgIpc) is 2.98. The van der Waals surface area contributed by atoms with Crippen molar-refractivity contribution in [2.75, 3.05) is 33.7 Å². The molecule has 100 valence electrons. The van der Waals surface area contributed by atoms with Crippen molar-refractivity contribution in [3.05, 3.63) is 0 Å². The number of likely N-dealkylation sites (N-methyl/N-ethyl adjacent to an activating group) is 1. The smallest absolute Gasteiger partial charge is 0.0355 e. The van der Waals surface area contributed by atoms with Crippen LogP contribution in [0.15, 0.2) is 0 Å². The zero-order chi connectivity index (χ0) is 12.6. The first-order valence-corrected chi connectivity index (χ1v) is 7.10. The Hall–Kier alpha value is -0.120. The first kappa shape index (κ1) is 13.3. The normalized spacial score (nSPS) is 43.1. The highest BCUT2D eigenvalue weighted by molar-refractivity contribution is 4.99. The Morgan fingerprint density at radius 1 is 1.41 bits per heavy atom. The van der Waals surface area contributed by atoms with Gasteiger partial charge >= 0.3 is 0 Å². The maximum Gasteiger partial charge on any atom is 0.0355 e. The van der Waals surface area contributed by atoms with Gasteiger partial charge in [-0.25, -0.2) is 0 Å². The van der Waals surface area contributed by atoms with Crippen molar-refractivity contribution in [1.82, 2.24) is 9.80 Å². The highest BCUT2D eigenvalue weighted by Crippen LogP contribution is 2.40. The van der Waals surface area contributed by atoms with Crippen molar-refractivity contribution in [3.63, 3.8) is 0 Å². The van der Waals surface area contributed by atoms with Gasteiger partial charge < -0.3 is 10.6 Å². The number of rotatable bonds is 4. The minimum atomic E-state index is 0.258. The van der Waals surface area contributed by atoms with Crippen LogP contribution in [0.25, 0.3) is 0 Å². The Kier molecular flexibility index (Phi) is 3.81. The van der Waals surface area contributed by atoms with Crippen molar-refractivity contribution in [3.8, 4) is 0 Å². The van der Waals surface area contributed by atoms with Gasteiger partial charge in [-0.1, -0.05) is 6.92 Å². The molecule has 2 aliphatic rings. The van der Waals surface area contributed by atoms with E-state index < -0.39 is 0 Å². The summed E-state index contributed by atoms with van der Waals surface area (Å²) in [5.41, 5.74) is 6.38. The number of nitrogens with two attached hydrogens (primary N) is 1. The van der Waals surface area contributed by atoms with Crippen LogP contribution in [0.1, 0.15) is 33.1 Å². The lowest BCUT2D eigenvalue weighted by molar-refractivity contribution is 0.0236. The van der Waals surface area contributed by atoms with Crippen LogP contribution in [0.2, 0.25) is 0 Å².